The molecule has 4 nitrogen and oxygen atoms in total. The van der Waals surface area contributed by atoms with E-state index >= 15 is 0 Å². The van der Waals surface area contributed by atoms with Gasteiger partial charge in [0.1, 0.15) is 5.54 Å². The Balaban J connectivity index is 1.73. The second-order valence-electron chi connectivity index (χ2n) is 5.97. The molecule has 1 aromatic rings. The van der Waals surface area contributed by atoms with Gasteiger partial charge in [0.25, 0.3) is 0 Å². The van der Waals surface area contributed by atoms with Crippen molar-refractivity contribution >= 4 is 0 Å². The van der Waals surface area contributed by atoms with Crippen LogP contribution < -0.4 is 5.32 Å². The smallest absolute Gasteiger partial charge is 0.104 e. The molecule has 19 heavy (non-hydrogen) atoms. The lowest BCUT2D eigenvalue weighted by Gasteiger charge is -2.23. The van der Waals surface area contributed by atoms with E-state index in [0.717, 1.165) is 31.5 Å². The summed E-state index contributed by atoms with van der Waals surface area (Å²) in [6.07, 6.45) is 5.50. The number of hydrogen-bond donors (Lipinski definition) is 1. The third kappa shape index (κ3) is 4.07. The third-order valence-corrected chi connectivity index (χ3v) is 3.75. The van der Waals surface area contributed by atoms with Gasteiger partial charge in [-0.1, -0.05) is 0 Å². The van der Waals surface area contributed by atoms with E-state index in [2.05, 4.69) is 34.2 Å². The van der Waals surface area contributed by atoms with Crippen molar-refractivity contribution in [1.29, 1.82) is 5.26 Å². The van der Waals surface area contributed by atoms with Crippen LogP contribution >= 0.6 is 0 Å². The van der Waals surface area contributed by atoms with Gasteiger partial charge in [-0.25, -0.2) is 0 Å². The first kappa shape index (κ1) is 14.1. The summed E-state index contributed by atoms with van der Waals surface area (Å²) in [5, 5.41) is 17.2. The molecule has 1 aliphatic carbocycles. The number of nitrogens with zero attached hydrogens (tertiary/aromatic N) is 3. The first-order chi connectivity index (χ1) is 9.02. The third-order valence-electron chi connectivity index (χ3n) is 3.75. The summed E-state index contributed by atoms with van der Waals surface area (Å²) >= 11 is 0. The number of nitrogens with one attached hydrogen (secondary N) is 1. The second kappa shape index (κ2) is 5.75. The summed E-state index contributed by atoms with van der Waals surface area (Å²) in [5.41, 5.74) is 1.95. The van der Waals surface area contributed by atoms with Crippen molar-refractivity contribution in [3.05, 3.63) is 17.5 Å². The number of unbranched alkanes of at least 4 members (excludes halogenated alkanes) is 1. The van der Waals surface area contributed by atoms with E-state index in [0.29, 0.717) is 6.04 Å². The molecule has 104 valence electrons. The molecule has 0 spiro atoms. The molecule has 1 N–H and O–H groups in total. The highest BCUT2D eigenvalue weighted by atomic mass is 15.3. The Morgan fingerprint density at radius 1 is 1.47 bits per heavy atom. The highest BCUT2D eigenvalue weighted by Gasteiger charge is 2.31. The van der Waals surface area contributed by atoms with Gasteiger partial charge in [-0.2, -0.15) is 10.4 Å². The molecule has 1 atom stereocenters. The Morgan fingerprint density at radius 2 is 2.21 bits per heavy atom. The first-order valence-corrected chi connectivity index (χ1v) is 7.22. The zero-order valence-corrected chi connectivity index (χ0v) is 12.2. The van der Waals surface area contributed by atoms with Crippen molar-refractivity contribution < 1.29 is 0 Å². The first-order valence-electron chi connectivity index (χ1n) is 7.22. The molecular weight excluding hydrogens is 236 g/mol. The maximum absolute atomic E-state index is 9.30. The molecule has 0 aliphatic heterocycles. The van der Waals surface area contributed by atoms with Gasteiger partial charge >= 0.3 is 0 Å². The van der Waals surface area contributed by atoms with Gasteiger partial charge in [0.2, 0.25) is 0 Å². The Bertz CT molecular complexity index is 467. The fourth-order valence-corrected chi connectivity index (χ4v) is 2.48. The van der Waals surface area contributed by atoms with Crippen molar-refractivity contribution in [2.45, 2.75) is 71.0 Å². The highest BCUT2D eigenvalue weighted by molar-refractivity contribution is 5.07. The fraction of sp³-hybridized carbons (Fsp3) is 0.733. The molecule has 2 rings (SSSR count). The average molecular weight is 260 g/mol. The minimum atomic E-state index is -0.351. The standard InChI is InChI=1S/C15H24N4/c1-12-10-13(2)19(18-12)9-5-4-8-15(3,11-16)17-14-6-7-14/h10,14,17H,4-9H2,1-3H3. The van der Waals surface area contributed by atoms with Crippen LogP contribution in [0.3, 0.4) is 0 Å². The number of hydrogen-bond acceptors (Lipinski definition) is 3. The molecule has 0 bridgehead atoms. The van der Waals surface area contributed by atoms with E-state index in [-0.39, 0.29) is 5.54 Å². The maximum Gasteiger partial charge on any atom is 0.104 e. The van der Waals surface area contributed by atoms with E-state index in [4.69, 9.17) is 0 Å². The molecule has 0 amide bonds. The van der Waals surface area contributed by atoms with Crippen LogP contribution in [0.4, 0.5) is 0 Å². The summed E-state index contributed by atoms with van der Waals surface area (Å²) in [4.78, 5) is 0. The van der Waals surface area contributed by atoms with Gasteiger partial charge in [-0.05, 0) is 58.9 Å². The van der Waals surface area contributed by atoms with Crippen molar-refractivity contribution in [2.24, 2.45) is 0 Å². The molecule has 1 saturated carbocycles. The number of aryl methyl sites for hydroxylation is 3. The van der Waals surface area contributed by atoms with Gasteiger partial charge < -0.3 is 0 Å². The van der Waals surface area contributed by atoms with Crippen molar-refractivity contribution in [2.75, 3.05) is 0 Å². The number of aromatic nitrogens is 2. The summed E-state index contributed by atoms with van der Waals surface area (Å²) < 4.78 is 2.06. The van der Waals surface area contributed by atoms with Crippen LogP contribution in [0.5, 0.6) is 0 Å². The summed E-state index contributed by atoms with van der Waals surface area (Å²) in [5.74, 6) is 0. The second-order valence-corrected chi connectivity index (χ2v) is 5.97. The van der Waals surface area contributed by atoms with E-state index in [1.807, 2.05) is 13.8 Å². The highest BCUT2D eigenvalue weighted by Crippen LogP contribution is 2.24. The van der Waals surface area contributed by atoms with Gasteiger partial charge in [0.05, 0.1) is 11.8 Å². The zero-order valence-electron chi connectivity index (χ0n) is 12.2. The molecular formula is C15H24N4. The lowest BCUT2D eigenvalue weighted by Crippen LogP contribution is -2.42. The fourth-order valence-electron chi connectivity index (χ4n) is 2.48. The molecule has 1 aromatic heterocycles. The Hall–Kier alpha value is -1.34. The quantitative estimate of drug-likeness (QED) is 0.767. The molecule has 1 aliphatic rings. The van der Waals surface area contributed by atoms with Gasteiger partial charge in [-0.3, -0.25) is 10.00 Å². The summed E-state index contributed by atoms with van der Waals surface area (Å²) in [6.45, 7) is 7.09. The zero-order chi connectivity index (χ0) is 13.9. The Morgan fingerprint density at radius 3 is 2.74 bits per heavy atom. The largest absolute Gasteiger partial charge is 0.297 e. The van der Waals surface area contributed by atoms with Crippen molar-refractivity contribution in [1.82, 2.24) is 15.1 Å². The van der Waals surface area contributed by atoms with Crippen LogP contribution in [0.1, 0.15) is 50.4 Å². The van der Waals surface area contributed by atoms with Crippen LogP contribution in [0.2, 0.25) is 0 Å². The van der Waals surface area contributed by atoms with E-state index < -0.39 is 0 Å². The van der Waals surface area contributed by atoms with Crippen LogP contribution in [0.15, 0.2) is 6.07 Å². The van der Waals surface area contributed by atoms with Crippen LogP contribution in [0, 0.1) is 25.2 Å². The normalized spacial score (nSPS) is 18.0. The number of rotatable bonds is 7. The topological polar surface area (TPSA) is 53.6 Å². The Kier molecular flexibility index (Phi) is 4.26. The monoisotopic (exact) mass is 260 g/mol. The minimum Gasteiger partial charge on any atom is -0.297 e. The molecule has 1 fully saturated rings. The average Bonchev–Trinajstić information content (AvgIpc) is 3.10. The van der Waals surface area contributed by atoms with Crippen molar-refractivity contribution in [3.63, 3.8) is 0 Å². The summed E-state index contributed by atoms with van der Waals surface area (Å²) in [7, 11) is 0. The van der Waals surface area contributed by atoms with E-state index in [1.54, 1.807) is 0 Å². The number of nitriles is 1. The van der Waals surface area contributed by atoms with Crippen LogP contribution in [-0.2, 0) is 6.54 Å². The SMILES string of the molecule is Cc1cc(C)n(CCCCC(C)(C#N)NC2CC2)n1. The molecule has 1 unspecified atom stereocenters. The molecule has 0 saturated heterocycles. The van der Waals surface area contributed by atoms with Crippen LogP contribution in [-0.4, -0.2) is 21.4 Å². The predicted octanol–water partition coefficient (Wildman–Crippen LogP) is 2.70. The molecule has 1 heterocycles. The van der Waals surface area contributed by atoms with Gasteiger partial charge in [0.15, 0.2) is 0 Å². The van der Waals surface area contributed by atoms with E-state index in [9.17, 15) is 5.26 Å². The summed E-state index contributed by atoms with van der Waals surface area (Å²) in [6, 6.07) is 5.12. The lowest BCUT2D eigenvalue weighted by molar-refractivity contribution is 0.388. The Labute approximate surface area is 115 Å². The molecule has 0 radical (unpaired) electrons. The lowest BCUT2D eigenvalue weighted by atomic mass is 9.96. The van der Waals surface area contributed by atoms with Gasteiger partial charge in [-0.15, -0.1) is 0 Å². The molecule has 4 heteroatoms. The predicted molar refractivity (Wildman–Crippen MR) is 75.7 cm³/mol. The van der Waals surface area contributed by atoms with Gasteiger partial charge in [0, 0.05) is 18.3 Å². The van der Waals surface area contributed by atoms with E-state index in [1.165, 1.54) is 18.5 Å². The minimum absolute atomic E-state index is 0.351. The maximum atomic E-state index is 9.30. The van der Waals surface area contributed by atoms with Crippen molar-refractivity contribution in [3.8, 4) is 6.07 Å². The molecule has 0 aromatic carbocycles. The van der Waals surface area contributed by atoms with Crippen LogP contribution in [0.25, 0.3) is 0 Å².